The van der Waals surface area contributed by atoms with Crippen LogP contribution in [-0.2, 0) is 14.3 Å². The maximum atomic E-state index is 11.2. The van der Waals surface area contributed by atoms with Gasteiger partial charge in [0, 0.05) is 0 Å². The number of ether oxygens (including phenoxy) is 2. The Kier molecular flexibility index (Phi) is 6.36. The molecule has 0 aromatic carbocycles. The van der Waals surface area contributed by atoms with Crippen molar-refractivity contribution in [2.45, 2.75) is 50.0 Å². The normalized spacial score (nSPS) is 27.4. The number of alkyl halides is 1. The van der Waals surface area contributed by atoms with Gasteiger partial charge in [0.05, 0.1) is 19.8 Å². The highest BCUT2D eigenvalue weighted by atomic mass is 79.9. The third-order valence-electron chi connectivity index (χ3n) is 3.25. The van der Waals surface area contributed by atoms with E-state index in [2.05, 4.69) is 27.6 Å². The van der Waals surface area contributed by atoms with E-state index < -0.39 is 0 Å². The Morgan fingerprint density at radius 1 is 1.50 bits per heavy atom. The third kappa shape index (κ3) is 4.42. The number of carbonyl (C=O) groups is 1. The second-order valence-corrected chi connectivity index (χ2v) is 5.49. The van der Waals surface area contributed by atoms with Crippen molar-refractivity contribution in [3.8, 4) is 0 Å². The monoisotopic (exact) mass is 292 g/mol. The van der Waals surface area contributed by atoms with Crippen LogP contribution >= 0.6 is 15.9 Å². The van der Waals surface area contributed by atoms with E-state index in [1.54, 1.807) is 0 Å². The van der Waals surface area contributed by atoms with E-state index in [-0.39, 0.29) is 10.8 Å². The molecule has 1 fully saturated rings. The molecule has 0 spiro atoms. The SMILES string of the molecule is CCC1CCCC(OCC(Br)C(=O)OC)C1. The Morgan fingerprint density at radius 2 is 2.25 bits per heavy atom. The highest BCUT2D eigenvalue weighted by molar-refractivity contribution is 9.10. The van der Waals surface area contributed by atoms with Crippen molar-refractivity contribution in [2.75, 3.05) is 13.7 Å². The number of halogens is 1. The van der Waals surface area contributed by atoms with E-state index in [1.807, 2.05) is 0 Å². The van der Waals surface area contributed by atoms with Gasteiger partial charge in [0.1, 0.15) is 4.83 Å². The lowest BCUT2D eigenvalue weighted by molar-refractivity contribution is -0.141. The zero-order valence-corrected chi connectivity index (χ0v) is 11.7. The Hall–Kier alpha value is -0.0900. The van der Waals surface area contributed by atoms with E-state index in [0.29, 0.717) is 12.7 Å². The summed E-state index contributed by atoms with van der Waals surface area (Å²) in [5.41, 5.74) is 0. The van der Waals surface area contributed by atoms with Gasteiger partial charge in [-0.3, -0.25) is 4.79 Å². The number of carbonyl (C=O) groups excluding carboxylic acids is 1. The average molecular weight is 293 g/mol. The maximum absolute atomic E-state index is 11.2. The minimum absolute atomic E-state index is 0.261. The molecular formula is C12H21BrO3. The third-order valence-corrected chi connectivity index (χ3v) is 3.89. The van der Waals surface area contributed by atoms with Gasteiger partial charge in [-0.1, -0.05) is 42.1 Å². The topological polar surface area (TPSA) is 35.5 Å². The molecule has 0 bridgehead atoms. The molecule has 0 aromatic heterocycles. The van der Waals surface area contributed by atoms with Crippen LogP contribution in [0.25, 0.3) is 0 Å². The molecule has 1 saturated carbocycles. The Morgan fingerprint density at radius 3 is 2.88 bits per heavy atom. The van der Waals surface area contributed by atoms with Gasteiger partial charge < -0.3 is 9.47 Å². The van der Waals surface area contributed by atoms with Crippen LogP contribution in [0.15, 0.2) is 0 Å². The molecule has 1 rings (SSSR count). The maximum Gasteiger partial charge on any atom is 0.321 e. The molecule has 0 heterocycles. The van der Waals surface area contributed by atoms with Crippen LogP contribution in [0.5, 0.6) is 0 Å². The van der Waals surface area contributed by atoms with Gasteiger partial charge in [-0.2, -0.15) is 0 Å². The molecule has 1 aliphatic rings. The van der Waals surface area contributed by atoms with Crippen molar-refractivity contribution in [1.82, 2.24) is 0 Å². The van der Waals surface area contributed by atoms with Crippen molar-refractivity contribution < 1.29 is 14.3 Å². The summed E-state index contributed by atoms with van der Waals surface area (Å²) in [5, 5.41) is 0. The molecule has 3 unspecified atom stereocenters. The summed E-state index contributed by atoms with van der Waals surface area (Å²) in [4.78, 5) is 10.8. The highest BCUT2D eigenvalue weighted by Gasteiger charge is 2.23. The number of methoxy groups -OCH3 is 1. The average Bonchev–Trinajstić information content (AvgIpc) is 2.35. The van der Waals surface area contributed by atoms with Crippen LogP contribution in [0, 0.1) is 5.92 Å². The molecule has 4 heteroatoms. The van der Waals surface area contributed by atoms with Crippen LogP contribution in [0.2, 0.25) is 0 Å². The summed E-state index contributed by atoms with van der Waals surface area (Å²) in [6, 6.07) is 0. The highest BCUT2D eigenvalue weighted by Crippen LogP contribution is 2.28. The summed E-state index contributed by atoms with van der Waals surface area (Å²) in [7, 11) is 1.39. The lowest BCUT2D eigenvalue weighted by Crippen LogP contribution is -2.28. The summed E-state index contributed by atoms with van der Waals surface area (Å²) < 4.78 is 10.4. The second-order valence-electron chi connectivity index (χ2n) is 4.39. The summed E-state index contributed by atoms with van der Waals surface area (Å²) in [6.07, 6.45) is 6.38. The first-order valence-corrected chi connectivity index (χ1v) is 6.92. The molecule has 94 valence electrons. The van der Waals surface area contributed by atoms with Gasteiger partial charge in [-0.25, -0.2) is 0 Å². The molecule has 0 saturated heterocycles. The molecule has 3 nitrogen and oxygen atoms in total. The molecule has 0 radical (unpaired) electrons. The van der Waals surface area contributed by atoms with E-state index in [9.17, 15) is 4.79 Å². The predicted molar refractivity (Wildman–Crippen MR) is 66.7 cm³/mol. The fourth-order valence-corrected chi connectivity index (χ4v) is 2.52. The molecule has 16 heavy (non-hydrogen) atoms. The summed E-state index contributed by atoms with van der Waals surface area (Å²) >= 11 is 3.26. The Bertz CT molecular complexity index is 220. The molecule has 0 aliphatic heterocycles. The van der Waals surface area contributed by atoms with E-state index in [1.165, 1.54) is 26.4 Å². The number of rotatable bonds is 5. The number of hydrogen-bond donors (Lipinski definition) is 0. The van der Waals surface area contributed by atoms with Crippen molar-refractivity contribution in [2.24, 2.45) is 5.92 Å². The molecule has 3 atom stereocenters. The Labute approximate surface area is 106 Å². The van der Waals surface area contributed by atoms with Crippen molar-refractivity contribution in [1.29, 1.82) is 0 Å². The lowest BCUT2D eigenvalue weighted by Gasteiger charge is -2.28. The van der Waals surface area contributed by atoms with Gasteiger partial charge in [0.15, 0.2) is 0 Å². The molecule has 1 aliphatic carbocycles. The van der Waals surface area contributed by atoms with Crippen LogP contribution in [0.4, 0.5) is 0 Å². The predicted octanol–water partition coefficient (Wildman–Crippen LogP) is 2.91. The number of hydrogen-bond acceptors (Lipinski definition) is 3. The van der Waals surface area contributed by atoms with Crippen LogP contribution in [0.3, 0.4) is 0 Å². The minimum atomic E-state index is -0.334. The smallest absolute Gasteiger partial charge is 0.321 e. The van der Waals surface area contributed by atoms with E-state index in [0.717, 1.165) is 18.8 Å². The van der Waals surface area contributed by atoms with Crippen LogP contribution < -0.4 is 0 Å². The number of esters is 1. The zero-order chi connectivity index (χ0) is 12.0. The Balaban J connectivity index is 2.24. The quantitative estimate of drug-likeness (QED) is 0.577. The van der Waals surface area contributed by atoms with Crippen LogP contribution in [-0.4, -0.2) is 30.6 Å². The van der Waals surface area contributed by atoms with Crippen molar-refractivity contribution >= 4 is 21.9 Å². The standard InChI is InChI=1S/C12H21BrO3/c1-3-9-5-4-6-10(7-9)16-8-11(13)12(14)15-2/h9-11H,3-8H2,1-2H3. The second kappa shape index (κ2) is 7.28. The lowest BCUT2D eigenvalue weighted by atomic mass is 9.85. The fourth-order valence-electron chi connectivity index (χ4n) is 2.18. The zero-order valence-electron chi connectivity index (χ0n) is 10.1. The van der Waals surface area contributed by atoms with E-state index in [4.69, 9.17) is 4.74 Å². The molecular weight excluding hydrogens is 272 g/mol. The van der Waals surface area contributed by atoms with Gasteiger partial charge >= 0.3 is 5.97 Å². The fraction of sp³-hybridized carbons (Fsp3) is 0.917. The van der Waals surface area contributed by atoms with Gasteiger partial charge in [0.2, 0.25) is 0 Å². The molecule has 0 aromatic rings. The van der Waals surface area contributed by atoms with Gasteiger partial charge in [-0.15, -0.1) is 0 Å². The van der Waals surface area contributed by atoms with Gasteiger partial charge in [0.25, 0.3) is 0 Å². The van der Waals surface area contributed by atoms with Crippen molar-refractivity contribution in [3.05, 3.63) is 0 Å². The first kappa shape index (κ1) is 14.0. The first-order chi connectivity index (χ1) is 7.67. The van der Waals surface area contributed by atoms with E-state index >= 15 is 0 Å². The van der Waals surface area contributed by atoms with Crippen molar-refractivity contribution in [3.63, 3.8) is 0 Å². The molecule has 0 amide bonds. The first-order valence-electron chi connectivity index (χ1n) is 6.00. The largest absolute Gasteiger partial charge is 0.468 e. The van der Waals surface area contributed by atoms with Crippen LogP contribution in [0.1, 0.15) is 39.0 Å². The summed E-state index contributed by atoms with van der Waals surface area (Å²) in [5.74, 6) is 0.536. The van der Waals surface area contributed by atoms with Gasteiger partial charge in [-0.05, 0) is 18.8 Å². The minimum Gasteiger partial charge on any atom is -0.468 e. The summed E-state index contributed by atoms with van der Waals surface area (Å²) in [6.45, 7) is 2.64. The molecule has 0 N–H and O–H groups in total.